The molecule has 0 aliphatic carbocycles. The minimum atomic E-state index is 0.0945. The van der Waals surface area contributed by atoms with Crippen LogP contribution >= 0.6 is 15.9 Å². The molecule has 0 saturated carbocycles. The Labute approximate surface area is 145 Å². The Balaban J connectivity index is 2.07. The van der Waals surface area contributed by atoms with Crippen LogP contribution in [0, 0.1) is 6.92 Å². The third kappa shape index (κ3) is 3.77. The average molecular weight is 364 g/mol. The zero-order chi connectivity index (χ0) is 16.1. The molecule has 0 unspecified atom stereocenters. The van der Waals surface area contributed by atoms with Crippen molar-refractivity contribution in [1.29, 1.82) is 0 Å². The molecule has 0 fully saturated rings. The second-order valence-corrected chi connectivity index (χ2v) is 6.29. The van der Waals surface area contributed by atoms with Crippen molar-refractivity contribution in [3.63, 3.8) is 0 Å². The predicted molar refractivity (Wildman–Crippen MR) is 102 cm³/mol. The van der Waals surface area contributed by atoms with E-state index in [1.165, 1.54) is 16.7 Å². The van der Waals surface area contributed by atoms with Crippen molar-refractivity contribution in [2.24, 2.45) is 4.99 Å². The highest BCUT2D eigenvalue weighted by atomic mass is 79.9. The van der Waals surface area contributed by atoms with Crippen molar-refractivity contribution in [3.05, 3.63) is 102 Å². The van der Waals surface area contributed by atoms with Crippen LogP contribution in [-0.4, -0.2) is 4.62 Å². The van der Waals surface area contributed by atoms with Crippen molar-refractivity contribution in [1.82, 2.24) is 0 Å². The lowest BCUT2D eigenvalue weighted by atomic mass is 9.92. The van der Waals surface area contributed by atoms with E-state index in [4.69, 9.17) is 4.99 Å². The molecule has 3 aromatic rings. The van der Waals surface area contributed by atoms with E-state index in [0.717, 1.165) is 10.3 Å². The van der Waals surface area contributed by atoms with E-state index in [0.29, 0.717) is 0 Å². The van der Waals surface area contributed by atoms with Crippen LogP contribution in [0.5, 0.6) is 0 Å². The van der Waals surface area contributed by atoms with Crippen LogP contribution in [0.15, 0.2) is 89.9 Å². The molecule has 114 valence electrons. The topological polar surface area (TPSA) is 12.4 Å². The molecular weight excluding hydrogens is 346 g/mol. The predicted octanol–water partition coefficient (Wildman–Crippen LogP) is 6.25. The molecule has 3 rings (SSSR count). The van der Waals surface area contributed by atoms with Gasteiger partial charge in [-0.05, 0) is 45.6 Å². The summed E-state index contributed by atoms with van der Waals surface area (Å²) in [6.45, 7) is 2.08. The molecule has 0 aliphatic heterocycles. The Morgan fingerprint density at radius 1 is 0.739 bits per heavy atom. The summed E-state index contributed by atoms with van der Waals surface area (Å²) in [5.41, 5.74) is 4.62. The van der Waals surface area contributed by atoms with Gasteiger partial charge in [-0.25, -0.2) is 4.99 Å². The number of hydrogen-bond donors (Lipinski definition) is 0. The summed E-state index contributed by atoms with van der Waals surface area (Å²) in [6.07, 6.45) is 0. The first-order valence-electron chi connectivity index (χ1n) is 7.65. The fourth-order valence-electron chi connectivity index (χ4n) is 2.63. The molecule has 2 heteroatoms. The summed E-state index contributed by atoms with van der Waals surface area (Å²) in [7, 11) is 0. The first-order valence-corrected chi connectivity index (χ1v) is 8.44. The fraction of sp³-hybridized carbons (Fsp3) is 0.0952. The summed E-state index contributed by atoms with van der Waals surface area (Å²) in [4.78, 5) is 4.84. The first kappa shape index (κ1) is 15.7. The van der Waals surface area contributed by atoms with Gasteiger partial charge in [-0.3, -0.25) is 0 Å². The average Bonchev–Trinajstić information content (AvgIpc) is 2.59. The van der Waals surface area contributed by atoms with Gasteiger partial charge < -0.3 is 0 Å². The third-order valence-corrected chi connectivity index (χ3v) is 4.48. The monoisotopic (exact) mass is 363 g/mol. The van der Waals surface area contributed by atoms with Gasteiger partial charge in [0, 0.05) is 0 Å². The van der Waals surface area contributed by atoms with Crippen LogP contribution in [0.3, 0.4) is 0 Å². The van der Waals surface area contributed by atoms with Crippen molar-refractivity contribution in [2.45, 2.75) is 12.8 Å². The molecule has 1 nitrogen and oxygen atoms in total. The SMILES string of the molecule is Cc1ccccc1N=C(Br)C(c1ccccc1)c1ccccc1. The van der Waals surface area contributed by atoms with Gasteiger partial charge in [-0.1, -0.05) is 78.9 Å². The zero-order valence-corrected chi connectivity index (χ0v) is 14.6. The van der Waals surface area contributed by atoms with E-state index in [-0.39, 0.29) is 5.92 Å². The summed E-state index contributed by atoms with van der Waals surface area (Å²) < 4.78 is 0.921. The van der Waals surface area contributed by atoms with E-state index in [1.54, 1.807) is 0 Å². The van der Waals surface area contributed by atoms with Gasteiger partial charge in [0.05, 0.1) is 16.2 Å². The lowest BCUT2D eigenvalue weighted by Gasteiger charge is -2.17. The number of rotatable bonds is 4. The lowest BCUT2D eigenvalue weighted by Crippen LogP contribution is -2.08. The standard InChI is InChI=1S/C21H18BrN/c1-16-10-8-9-15-19(16)23-21(22)20(17-11-4-2-5-12-17)18-13-6-3-7-14-18/h2-15,20H,1H3. The molecule has 0 radical (unpaired) electrons. The van der Waals surface area contributed by atoms with E-state index in [2.05, 4.69) is 77.5 Å². The smallest absolute Gasteiger partial charge is 0.0955 e. The minimum Gasteiger partial charge on any atom is -0.245 e. The number of halogens is 1. The summed E-state index contributed by atoms with van der Waals surface area (Å²) in [6, 6.07) is 29.1. The van der Waals surface area contributed by atoms with E-state index in [9.17, 15) is 0 Å². The maximum atomic E-state index is 4.84. The normalized spacial score (nSPS) is 11.7. The number of aliphatic imine (C=N–C) groups is 1. The van der Waals surface area contributed by atoms with Gasteiger partial charge in [0.2, 0.25) is 0 Å². The molecule has 0 bridgehead atoms. The third-order valence-electron chi connectivity index (χ3n) is 3.85. The Bertz CT molecular complexity index is 755. The molecule has 3 aromatic carbocycles. The summed E-state index contributed by atoms with van der Waals surface area (Å²) in [5.74, 6) is 0.0945. The number of hydrogen-bond acceptors (Lipinski definition) is 1. The highest BCUT2D eigenvalue weighted by Crippen LogP contribution is 2.31. The largest absolute Gasteiger partial charge is 0.245 e. The molecule has 23 heavy (non-hydrogen) atoms. The van der Waals surface area contributed by atoms with Crippen LogP contribution in [0.25, 0.3) is 0 Å². The highest BCUT2D eigenvalue weighted by molar-refractivity contribution is 9.18. The van der Waals surface area contributed by atoms with Gasteiger partial charge in [0.1, 0.15) is 0 Å². The summed E-state index contributed by atoms with van der Waals surface area (Å²) in [5, 5.41) is 0. The number of aryl methyl sites for hydroxylation is 1. The first-order chi connectivity index (χ1) is 11.3. The van der Waals surface area contributed by atoms with Crippen molar-refractivity contribution in [2.75, 3.05) is 0 Å². The number of benzene rings is 3. The molecule has 0 N–H and O–H groups in total. The van der Waals surface area contributed by atoms with Crippen LogP contribution in [0.2, 0.25) is 0 Å². The van der Waals surface area contributed by atoms with Crippen LogP contribution in [0.1, 0.15) is 22.6 Å². The van der Waals surface area contributed by atoms with Crippen molar-refractivity contribution < 1.29 is 0 Å². The minimum absolute atomic E-state index is 0.0945. The van der Waals surface area contributed by atoms with Gasteiger partial charge in [0.25, 0.3) is 0 Å². The van der Waals surface area contributed by atoms with E-state index in [1.807, 2.05) is 30.3 Å². The van der Waals surface area contributed by atoms with Crippen LogP contribution in [-0.2, 0) is 0 Å². The molecule has 0 aliphatic rings. The van der Waals surface area contributed by atoms with Gasteiger partial charge in [0.15, 0.2) is 0 Å². The molecule has 0 heterocycles. The lowest BCUT2D eigenvalue weighted by molar-refractivity contribution is 1.09. The quantitative estimate of drug-likeness (QED) is 0.485. The van der Waals surface area contributed by atoms with Crippen LogP contribution in [0.4, 0.5) is 5.69 Å². The Morgan fingerprint density at radius 2 is 1.22 bits per heavy atom. The van der Waals surface area contributed by atoms with E-state index < -0.39 is 0 Å². The Hall–Kier alpha value is -2.19. The highest BCUT2D eigenvalue weighted by Gasteiger charge is 2.18. The Morgan fingerprint density at radius 3 is 1.74 bits per heavy atom. The Kier molecular flexibility index (Phi) is 5.04. The molecule has 0 spiro atoms. The zero-order valence-electron chi connectivity index (χ0n) is 13.0. The number of nitrogens with zero attached hydrogens (tertiary/aromatic N) is 1. The molecule has 0 amide bonds. The number of para-hydroxylation sites is 1. The van der Waals surface area contributed by atoms with Gasteiger partial charge >= 0.3 is 0 Å². The van der Waals surface area contributed by atoms with Crippen molar-refractivity contribution in [3.8, 4) is 0 Å². The summed E-state index contributed by atoms with van der Waals surface area (Å²) >= 11 is 3.74. The molecule has 0 aromatic heterocycles. The maximum absolute atomic E-state index is 4.84. The van der Waals surface area contributed by atoms with Gasteiger partial charge in [-0.2, -0.15) is 0 Å². The van der Waals surface area contributed by atoms with Crippen molar-refractivity contribution >= 4 is 26.2 Å². The maximum Gasteiger partial charge on any atom is 0.0955 e. The molecule has 0 saturated heterocycles. The fourth-order valence-corrected chi connectivity index (χ4v) is 3.35. The van der Waals surface area contributed by atoms with E-state index >= 15 is 0 Å². The second-order valence-electron chi connectivity index (χ2n) is 5.48. The van der Waals surface area contributed by atoms with Gasteiger partial charge in [-0.15, -0.1) is 0 Å². The second kappa shape index (κ2) is 7.38. The molecule has 0 atom stereocenters. The van der Waals surface area contributed by atoms with Crippen LogP contribution < -0.4 is 0 Å². The molecular formula is C21H18BrN.